The second-order valence-corrected chi connectivity index (χ2v) is 7.83. The van der Waals surface area contributed by atoms with Crippen LogP contribution in [-0.4, -0.2) is 53.5 Å². The van der Waals surface area contributed by atoms with Crippen LogP contribution in [0.25, 0.3) is 5.76 Å². The van der Waals surface area contributed by atoms with Gasteiger partial charge in [-0.1, -0.05) is 42.5 Å². The number of thioether (sulfide) groups is 1. The lowest BCUT2D eigenvalue weighted by Gasteiger charge is -2.34. The van der Waals surface area contributed by atoms with Gasteiger partial charge >= 0.3 is 0 Å². The first-order valence-electron chi connectivity index (χ1n) is 9.49. The summed E-state index contributed by atoms with van der Waals surface area (Å²) in [5.74, 6) is 4.93. The third kappa shape index (κ3) is 4.34. The highest BCUT2D eigenvalue weighted by atomic mass is 32.2. The Bertz CT molecular complexity index is 861. The molecule has 0 N–H and O–H groups in total. The number of hydrogen-bond donors (Lipinski definition) is 0. The number of amides is 1. The van der Waals surface area contributed by atoms with Crippen LogP contribution in [0.15, 0.2) is 60.4 Å². The molecule has 0 bridgehead atoms. The van der Waals surface area contributed by atoms with Gasteiger partial charge in [0.15, 0.2) is 23.0 Å². The summed E-state index contributed by atoms with van der Waals surface area (Å²) in [6, 6.07) is 17.9. The van der Waals surface area contributed by atoms with Crippen molar-refractivity contribution in [2.24, 2.45) is 0 Å². The maximum Gasteiger partial charge on any atom is 0.219 e. The highest BCUT2D eigenvalue weighted by molar-refractivity contribution is 7.99. The summed E-state index contributed by atoms with van der Waals surface area (Å²) >= 11 is 1.81. The van der Waals surface area contributed by atoms with Crippen molar-refractivity contribution < 1.29 is 14.3 Å². The van der Waals surface area contributed by atoms with Crippen LogP contribution < -0.4 is 9.47 Å². The normalized spacial score (nSPS) is 17.0. The molecule has 0 aliphatic carbocycles. The molecule has 5 nitrogen and oxygen atoms in total. The van der Waals surface area contributed by atoms with Gasteiger partial charge in [0.25, 0.3) is 0 Å². The van der Waals surface area contributed by atoms with Gasteiger partial charge in [-0.15, -0.1) is 11.8 Å². The van der Waals surface area contributed by atoms with E-state index in [2.05, 4.69) is 4.90 Å². The van der Waals surface area contributed by atoms with Crippen LogP contribution in [0.2, 0.25) is 0 Å². The van der Waals surface area contributed by atoms with Crippen molar-refractivity contribution in [2.45, 2.75) is 6.92 Å². The zero-order valence-electron chi connectivity index (χ0n) is 16.0. The topological polar surface area (TPSA) is 42.0 Å². The Kier molecular flexibility index (Phi) is 5.88. The molecule has 2 aromatic rings. The van der Waals surface area contributed by atoms with E-state index in [9.17, 15) is 4.79 Å². The first-order chi connectivity index (χ1) is 13.7. The van der Waals surface area contributed by atoms with Gasteiger partial charge in [-0.2, -0.15) is 0 Å². The molecule has 1 fully saturated rings. The number of carbonyl (C=O) groups excluding carboxylic acids is 1. The fraction of sp³-hybridized carbons (Fsp3) is 0.318. The lowest BCUT2D eigenvalue weighted by molar-refractivity contribution is -0.130. The fourth-order valence-corrected chi connectivity index (χ4v) is 4.31. The zero-order valence-corrected chi connectivity index (χ0v) is 16.8. The summed E-state index contributed by atoms with van der Waals surface area (Å²) < 4.78 is 12.4. The van der Waals surface area contributed by atoms with E-state index in [-0.39, 0.29) is 5.91 Å². The fourth-order valence-electron chi connectivity index (χ4n) is 3.33. The second-order valence-electron chi connectivity index (χ2n) is 6.87. The molecule has 0 spiro atoms. The first kappa shape index (κ1) is 18.9. The van der Waals surface area contributed by atoms with E-state index < -0.39 is 0 Å². The lowest BCUT2D eigenvalue weighted by atomic mass is 10.1. The number of fused-ring (bicyclic) bond motifs is 1. The SMILES string of the molecule is CC(=O)N1CCN(CSCC2=C(c3ccccc3)Oc3ccccc3O2)CC1. The van der Waals surface area contributed by atoms with Crippen LogP contribution in [0.4, 0.5) is 0 Å². The van der Waals surface area contributed by atoms with Crippen molar-refractivity contribution in [3.8, 4) is 11.5 Å². The molecule has 2 aliphatic heterocycles. The molecular weight excluding hydrogens is 372 g/mol. The van der Waals surface area contributed by atoms with E-state index in [1.54, 1.807) is 6.92 Å². The number of ether oxygens (including phenoxy) is 2. The lowest BCUT2D eigenvalue weighted by Crippen LogP contribution is -2.47. The smallest absolute Gasteiger partial charge is 0.219 e. The molecule has 2 aromatic carbocycles. The molecule has 0 unspecified atom stereocenters. The third-order valence-electron chi connectivity index (χ3n) is 4.91. The molecule has 0 radical (unpaired) electrons. The summed E-state index contributed by atoms with van der Waals surface area (Å²) in [6.07, 6.45) is 0. The van der Waals surface area contributed by atoms with Gasteiger partial charge in [0.2, 0.25) is 5.91 Å². The average Bonchev–Trinajstić information content (AvgIpc) is 2.74. The minimum absolute atomic E-state index is 0.163. The van der Waals surface area contributed by atoms with E-state index in [1.807, 2.05) is 71.3 Å². The van der Waals surface area contributed by atoms with Crippen molar-refractivity contribution in [3.63, 3.8) is 0 Å². The Hall–Kier alpha value is -2.44. The number of carbonyl (C=O) groups is 1. The van der Waals surface area contributed by atoms with Gasteiger partial charge in [0, 0.05) is 44.5 Å². The number of nitrogens with zero attached hydrogens (tertiary/aromatic N) is 2. The van der Waals surface area contributed by atoms with Crippen LogP contribution in [0.5, 0.6) is 11.5 Å². The van der Waals surface area contributed by atoms with E-state index in [0.29, 0.717) is 0 Å². The Morgan fingerprint density at radius 3 is 2.25 bits per heavy atom. The van der Waals surface area contributed by atoms with E-state index in [4.69, 9.17) is 9.47 Å². The first-order valence-corrected chi connectivity index (χ1v) is 10.6. The molecule has 4 rings (SSSR count). The Morgan fingerprint density at radius 1 is 0.929 bits per heavy atom. The van der Waals surface area contributed by atoms with Crippen molar-refractivity contribution in [3.05, 3.63) is 65.9 Å². The predicted octanol–water partition coefficient (Wildman–Crippen LogP) is 3.68. The van der Waals surface area contributed by atoms with E-state index >= 15 is 0 Å². The maximum absolute atomic E-state index is 11.5. The Morgan fingerprint density at radius 2 is 1.57 bits per heavy atom. The number of piperazine rings is 1. The summed E-state index contributed by atoms with van der Waals surface area (Å²) in [5, 5.41) is 0. The van der Waals surface area contributed by atoms with Crippen LogP contribution in [0, 0.1) is 0 Å². The van der Waals surface area contributed by atoms with Crippen LogP contribution in [-0.2, 0) is 4.79 Å². The maximum atomic E-state index is 11.5. The number of benzene rings is 2. The minimum atomic E-state index is 0.163. The second kappa shape index (κ2) is 8.71. The largest absolute Gasteiger partial charge is 0.453 e. The number of rotatable bonds is 5. The van der Waals surface area contributed by atoms with Crippen molar-refractivity contribution in [2.75, 3.05) is 37.8 Å². The van der Waals surface area contributed by atoms with Gasteiger partial charge in [0.1, 0.15) is 0 Å². The summed E-state index contributed by atoms with van der Waals surface area (Å²) in [4.78, 5) is 15.8. The summed E-state index contributed by atoms with van der Waals surface area (Å²) in [5.41, 5.74) is 1.02. The molecule has 6 heteroatoms. The molecule has 2 heterocycles. The molecule has 28 heavy (non-hydrogen) atoms. The predicted molar refractivity (Wildman–Crippen MR) is 112 cm³/mol. The monoisotopic (exact) mass is 396 g/mol. The van der Waals surface area contributed by atoms with Gasteiger partial charge in [-0.05, 0) is 12.1 Å². The molecule has 0 aromatic heterocycles. The third-order valence-corrected chi connectivity index (χ3v) is 5.92. The van der Waals surface area contributed by atoms with Crippen molar-refractivity contribution in [1.29, 1.82) is 0 Å². The van der Waals surface area contributed by atoms with Crippen LogP contribution >= 0.6 is 11.8 Å². The average molecular weight is 397 g/mol. The highest BCUT2D eigenvalue weighted by Crippen LogP contribution is 2.38. The summed E-state index contributed by atoms with van der Waals surface area (Å²) in [6.45, 7) is 5.08. The quantitative estimate of drug-likeness (QED) is 0.771. The number of para-hydroxylation sites is 2. The molecule has 0 saturated carbocycles. The van der Waals surface area contributed by atoms with Gasteiger partial charge < -0.3 is 14.4 Å². The molecule has 146 valence electrons. The molecule has 1 amide bonds. The molecule has 2 aliphatic rings. The molecule has 0 atom stereocenters. The van der Waals surface area contributed by atoms with Crippen molar-refractivity contribution in [1.82, 2.24) is 9.80 Å². The van der Waals surface area contributed by atoms with E-state index in [1.165, 1.54) is 0 Å². The van der Waals surface area contributed by atoms with Gasteiger partial charge in [0.05, 0.1) is 5.75 Å². The zero-order chi connectivity index (χ0) is 19.3. The Balaban J connectivity index is 1.42. The van der Waals surface area contributed by atoms with Crippen LogP contribution in [0.3, 0.4) is 0 Å². The number of hydrogen-bond acceptors (Lipinski definition) is 5. The van der Waals surface area contributed by atoms with Gasteiger partial charge in [-0.3, -0.25) is 9.69 Å². The van der Waals surface area contributed by atoms with Gasteiger partial charge in [-0.25, -0.2) is 0 Å². The highest BCUT2D eigenvalue weighted by Gasteiger charge is 2.23. The Labute approximate surface area is 169 Å². The molecule has 1 saturated heterocycles. The van der Waals surface area contributed by atoms with Crippen molar-refractivity contribution >= 4 is 23.4 Å². The standard InChI is InChI=1S/C22H24N2O3S/c1-17(25)24-13-11-23(12-14-24)16-28-15-21-22(18-7-3-2-4-8-18)27-20-10-6-5-9-19(20)26-21/h2-10H,11-16H2,1H3. The molecular formula is C22H24N2O3S. The minimum Gasteiger partial charge on any atom is -0.453 e. The van der Waals surface area contributed by atoms with E-state index in [0.717, 1.165) is 66.4 Å². The van der Waals surface area contributed by atoms with Crippen LogP contribution in [0.1, 0.15) is 12.5 Å². The summed E-state index contributed by atoms with van der Waals surface area (Å²) in [7, 11) is 0.